The van der Waals surface area contributed by atoms with E-state index < -0.39 is 0 Å². The molecule has 0 aliphatic carbocycles. The standard InChI is InChI=1S/C46H40N2O2/c1-29(2)41-27-43(47(31-11-7-5-8-12-31)33-15-19-35(49)20-16-33)39-26-24-38-42(30(3)4)28-44(40-25-23-37(41)45(39)46(38)40)48(32-13-9-6-10-14-32)34-17-21-36(50)22-18-34/h5-30,49-50H,1-4H3. The van der Waals surface area contributed by atoms with E-state index in [2.05, 4.69) is 122 Å². The van der Waals surface area contributed by atoms with Crippen molar-refractivity contribution in [3.63, 3.8) is 0 Å². The second-order valence-electron chi connectivity index (χ2n) is 13.7. The summed E-state index contributed by atoms with van der Waals surface area (Å²) in [7, 11) is 0. The fourth-order valence-electron chi connectivity index (χ4n) is 7.55. The van der Waals surface area contributed by atoms with E-state index in [1.807, 2.05) is 36.4 Å². The Hall–Kier alpha value is -6.00. The fourth-order valence-corrected chi connectivity index (χ4v) is 7.55. The molecule has 4 nitrogen and oxygen atoms in total. The van der Waals surface area contributed by atoms with E-state index in [1.54, 1.807) is 24.3 Å². The molecule has 0 amide bonds. The van der Waals surface area contributed by atoms with Gasteiger partial charge in [-0.1, -0.05) is 88.4 Å². The molecule has 0 fully saturated rings. The lowest BCUT2D eigenvalue weighted by atomic mass is 9.84. The van der Waals surface area contributed by atoms with Crippen LogP contribution < -0.4 is 9.80 Å². The molecule has 0 aliphatic heterocycles. The van der Waals surface area contributed by atoms with E-state index in [1.165, 1.54) is 43.4 Å². The van der Waals surface area contributed by atoms with Gasteiger partial charge in [-0.3, -0.25) is 0 Å². The SMILES string of the molecule is CC(C)c1cc(N(c2ccccc2)c2ccc(O)cc2)c2ccc3c(C(C)C)cc(N(c4ccccc4)c4ccc(O)cc4)c4ccc1c2c34. The maximum absolute atomic E-state index is 10.2. The van der Waals surface area contributed by atoms with Gasteiger partial charge in [-0.2, -0.15) is 0 Å². The lowest BCUT2D eigenvalue weighted by molar-refractivity contribution is 0.475. The normalized spacial score (nSPS) is 11.7. The van der Waals surface area contributed by atoms with Crippen LogP contribution in [0.3, 0.4) is 0 Å². The van der Waals surface area contributed by atoms with Crippen molar-refractivity contribution >= 4 is 66.4 Å². The minimum absolute atomic E-state index is 0.241. The van der Waals surface area contributed by atoms with Crippen LogP contribution in [0.2, 0.25) is 0 Å². The molecule has 2 N–H and O–H groups in total. The molecule has 50 heavy (non-hydrogen) atoms. The van der Waals surface area contributed by atoms with Gasteiger partial charge in [-0.25, -0.2) is 0 Å². The number of para-hydroxylation sites is 2. The van der Waals surface area contributed by atoms with E-state index in [0.717, 1.165) is 34.1 Å². The van der Waals surface area contributed by atoms with Gasteiger partial charge in [-0.15, -0.1) is 0 Å². The molecule has 0 atom stereocenters. The van der Waals surface area contributed by atoms with Crippen molar-refractivity contribution in [1.82, 2.24) is 0 Å². The topological polar surface area (TPSA) is 46.9 Å². The summed E-state index contributed by atoms with van der Waals surface area (Å²) >= 11 is 0. The zero-order valence-electron chi connectivity index (χ0n) is 28.8. The molecule has 8 aromatic rings. The summed E-state index contributed by atoms with van der Waals surface area (Å²) in [6.45, 7) is 9.10. The summed E-state index contributed by atoms with van der Waals surface area (Å²) in [5.41, 5.74) is 8.83. The third-order valence-corrected chi connectivity index (χ3v) is 9.89. The molecule has 246 valence electrons. The first-order valence-corrected chi connectivity index (χ1v) is 17.4. The molecule has 0 saturated heterocycles. The number of hydrogen-bond donors (Lipinski definition) is 2. The van der Waals surface area contributed by atoms with Crippen LogP contribution in [0, 0.1) is 0 Å². The van der Waals surface area contributed by atoms with Crippen molar-refractivity contribution < 1.29 is 10.2 Å². The van der Waals surface area contributed by atoms with Crippen LogP contribution >= 0.6 is 0 Å². The number of benzene rings is 8. The Morgan fingerprint density at radius 2 is 0.700 bits per heavy atom. The molecule has 0 bridgehead atoms. The van der Waals surface area contributed by atoms with Crippen molar-refractivity contribution in [2.24, 2.45) is 0 Å². The van der Waals surface area contributed by atoms with Gasteiger partial charge >= 0.3 is 0 Å². The highest BCUT2D eigenvalue weighted by atomic mass is 16.3. The quantitative estimate of drug-likeness (QED) is 0.160. The number of phenols is 2. The number of nitrogens with zero attached hydrogens (tertiary/aromatic N) is 2. The summed E-state index contributed by atoms with van der Waals surface area (Å²) in [4.78, 5) is 4.63. The Labute approximate surface area is 293 Å². The van der Waals surface area contributed by atoms with Gasteiger partial charge in [0.2, 0.25) is 0 Å². The summed E-state index contributed by atoms with van der Waals surface area (Å²) in [6, 6.07) is 49.9. The molecule has 0 saturated carbocycles. The van der Waals surface area contributed by atoms with Gasteiger partial charge in [0.05, 0.1) is 11.4 Å². The van der Waals surface area contributed by atoms with Gasteiger partial charge in [0.1, 0.15) is 11.5 Å². The molecular weight excluding hydrogens is 613 g/mol. The molecule has 0 spiro atoms. The predicted molar refractivity (Wildman–Crippen MR) is 211 cm³/mol. The molecule has 0 aromatic heterocycles. The third-order valence-electron chi connectivity index (χ3n) is 9.89. The number of rotatable bonds is 8. The monoisotopic (exact) mass is 652 g/mol. The van der Waals surface area contributed by atoms with Gasteiger partial charge in [0, 0.05) is 33.5 Å². The van der Waals surface area contributed by atoms with Crippen molar-refractivity contribution in [2.45, 2.75) is 39.5 Å². The van der Waals surface area contributed by atoms with E-state index in [0.29, 0.717) is 0 Å². The molecule has 0 unspecified atom stereocenters. The minimum Gasteiger partial charge on any atom is -0.508 e. The predicted octanol–water partition coefficient (Wildman–Crippen LogP) is 13.2. The average Bonchev–Trinajstić information content (AvgIpc) is 3.13. The number of anilines is 6. The lowest BCUT2D eigenvalue weighted by Crippen LogP contribution is -2.13. The van der Waals surface area contributed by atoms with E-state index in [4.69, 9.17) is 0 Å². The highest BCUT2D eigenvalue weighted by Gasteiger charge is 2.25. The van der Waals surface area contributed by atoms with Crippen molar-refractivity contribution in [3.8, 4) is 11.5 Å². The Balaban J connectivity index is 1.51. The lowest BCUT2D eigenvalue weighted by Gasteiger charge is -2.31. The minimum atomic E-state index is 0.241. The fraction of sp³-hybridized carbons (Fsp3) is 0.130. The molecule has 0 aliphatic rings. The second-order valence-corrected chi connectivity index (χ2v) is 13.7. The molecule has 8 aromatic carbocycles. The van der Waals surface area contributed by atoms with E-state index >= 15 is 0 Å². The van der Waals surface area contributed by atoms with Gasteiger partial charge < -0.3 is 20.0 Å². The largest absolute Gasteiger partial charge is 0.508 e. The van der Waals surface area contributed by atoms with Crippen LogP contribution in [-0.2, 0) is 0 Å². The van der Waals surface area contributed by atoms with Crippen LogP contribution in [0.15, 0.2) is 146 Å². The summed E-state index contributed by atoms with van der Waals surface area (Å²) in [5.74, 6) is 1.03. The molecular formula is C46H40N2O2. The Bertz CT molecular complexity index is 2260. The number of hydrogen-bond acceptors (Lipinski definition) is 4. The summed E-state index contributed by atoms with van der Waals surface area (Å²) in [6.07, 6.45) is 0. The van der Waals surface area contributed by atoms with Crippen molar-refractivity contribution in [2.75, 3.05) is 9.80 Å². The van der Waals surface area contributed by atoms with Crippen molar-refractivity contribution in [1.29, 1.82) is 0 Å². The first-order chi connectivity index (χ1) is 24.3. The Morgan fingerprint density at radius 1 is 0.380 bits per heavy atom. The van der Waals surface area contributed by atoms with Crippen LogP contribution in [0.1, 0.15) is 50.7 Å². The van der Waals surface area contributed by atoms with Crippen LogP contribution in [0.4, 0.5) is 34.1 Å². The zero-order valence-corrected chi connectivity index (χ0v) is 28.8. The van der Waals surface area contributed by atoms with Crippen LogP contribution in [0.25, 0.3) is 32.3 Å². The zero-order chi connectivity index (χ0) is 34.5. The van der Waals surface area contributed by atoms with Crippen molar-refractivity contribution in [3.05, 3.63) is 157 Å². The maximum Gasteiger partial charge on any atom is 0.115 e. The van der Waals surface area contributed by atoms with Gasteiger partial charge in [0.25, 0.3) is 0 Å². The Morgan fingerprint density at radius 3 is 1.04 bits per heavy atom. The third kappa shape index (κ3) is 5.25. The van der Waals surface area contributed by atoms with Crippen LogP contribution in [-0.4, -0.2) is 10.2 Å². The maximum atomic E-state index is 10.2. The summed E-state index contributed by atoms with van der Waals surface area (Å²) in [5, 5.41) is 27.8. The first-order valence-electron chi connectivity index (χ1n) is 17.4. The number of phenolic OH excluding ortho intramolecular Hbond substituents is 2. The smallest absolute Gasteiger partial charge is 0.115 e. The highest BCUT2D eigenvalue weighted by molar-refractivity contribution is 6.29. The van der Waals surface area contributed by atoms with E-state index in [-0.39, 0.29) is 23.3 Å². The molecule has 4 heteroatoms. The van der Waals surface area contributed by atoms with Gasteiger partial charge in [-0.05, 0) is 129 Å². The molecule has 0 radical (unpaired) electrons. The summed E-state index contributed by atoms with van der Waals surface area (Å²) < 4.78 is 0. The first kappa shape index (κ1) is 31.3. The number of aromatic hydroxyl groups is 2. The van der Waals surface area contributed by atoms with E-state index in [9.17, 15) is 10.2 Å². The average molecular weight is 653 g/mol. The second kappa shape index (κ2) is 12.5. The molecule has 8 rings (SSSR count). The molecule has 0 heterocycles. The Kier molecular flexibility index (Phi) is 7.80. The highest BCUT2D eigenvalue weighted by Crippen LogP contribution is 2.51. The van der Waals surface area contributed by atoms with Gasteiger partial charge in [0.15, 0.2) is 0 Å². The van der Waals surface area contributed by atoms with Crippen LogP contribution in [0.5, 0.6) is 11.5 Å².